The van der Waals surface area contributed by atoms with Crippen LogP contribution in [0.4, 0.5) is 0 Å². The Hall–Kier alpha value is -3.48. The van der Waals surface area contributed by atoms with E-state index in [-0.39, 0.29) is 50.7 Å². The van der Waals surface area contributed by atoms with E-state index in [4.69, 9.17) is 24.7 Å². The van der Waals surface area contributed by atoms with Crippen LogP contribution in [0.25, 0.3) is 0 Å². The molecule has 0 radical (unpaired) electrons. The summed E-state index contributed by atoms with van der Waals surface area (Å²) in [5, 5.41) is 121. The molecular formula is C49H76N2O17. The van der Waals surface area contributed by atoms with Crippen LogP contribution in [0, 0.1) is 11.8 Å². The molecule has 1 saturated carbocycles. The summed E-state index contributed by atoms with van der Waals surface area (Å²) in [6.07, 6.45) is 5.62. The number of aliphatic hydroxyl groups excluding tert-OH is 10. The van der Waals surface area contributed by atoms with Gasteiger partial charge in [-0.1, -0.05) is 92.0 Å². The van der Waals surface area contributed by atoms with Crippen LogP contribution < -0.4 is 11.1 Å². The predicted molar refractivity (Wildman–Crippen MR) is 247 cm³/mol. The highest BCUT2D eigenvalue weighted by atomic mass is 16.7. The van der Waals surface area contributed by atoms with E-state index in [1.165, 1.54) is 0 Å². The molecule has 2 bridgehead atoms. The molecule has 1 amide bonds. The van der Waals surface area contributed by atoms with Crippen LogP contribution >= 0.6 is 0 Å². The van der Waals surface area contributed by atoms with Crippen molar-refractivity contribution in [3.05, 3.63) is 85.1 Å². The number of rotatable bonds is 4. The molecule has 68 heavy (non-hydrogen) atoms. The Morgan fingerprint density at radius 1 is 0.662 bits per heavy atom. The van der Waals surface area contributed by atoms with Gasteiger partial charge in [0.25, 0.3) is 0 Å². The van der Waals surface area contributed by atoms with Gasteiger partial charge >= 0.3 is 5.97 Å². The molecule has 19 nitrogen and oxygen atoms in total. The van der Waals surface area contributed by atoms with Crippen LogP contribution in [0.1, 0.15) is 84.5 Å². The van der Waals surface area contributed by atoms with E-state index in [2.05, 4.69) is 5.32 Å². The minimum Gasteiger partial charge on any atom is -0.462 e. The van der Waals surface area contributed by atoms with Crippen molar-refractivity contribution >= 4 is 11.9 Å². The van der Waals surface area contributed by atoms with E-state index >= 15 is 0 Å². The van der Waals surface area contributed by atoms with Gasteiger partial charge in [0, 0.05) is 44.1 Å². The number of nitrogens with one attached hydrogen (secondary N) is 1. The SMILES string of the molecule is C[C@H]1C[C@H](O)[C@@H](C)/C=C/C=C/C=C/C=C/C=C/C=C/C=C/C(O[C@@H]2OC[C@@H](O)[C@H](N)[C@H]2O)C[C@@H]2OC(O)(C[C@@H](O)CC(O)C(O)CCC(O)CC(O)CC(=O)O1)C[C@H](O)C2C(=O)N[C@H]1C[C@@H](O)C1. The summed E-state index contributed by atoms with van der Waals surface area (Å²) < 4.78 is 23.3. The minimum atomic E-state index is -2.28. The Balaban J connectivity index is 1.56. The summed E-state index contributed by atoms with van der Waals surface area (Å²) in [5.74, 6) is -5.18. The molecule has 7 unspecified atom stereocenters. The minimum absolute atomic E-state index is 0.0965. The molecule has 384 valence electrons. The maximum Gasteiger partial charge on any atom is 0.308 e. The fraction of sp³-hybridized carbons (Fsp3) is 0.673. The third kappa shape index (κ3) is 19.4. The van der Waals surface area contributed by atoms with Gasteiger partial charge in [-0.25, -0.2) is 0 Å². The van der Waals surface area contributed by atoms with Gasteiger partial charge in [0.1, 0.15) is 12.2 Å². The zero-order chi connectivity index (χ0) is 50.0. The van der Waals surface area contributed by atoms with Crippen molar-refractivity contribution in [1.82, 2.24) is 5.32 Å². The fourth-order valence-corrected chi connectivity index (χ4v) is 8.51. The zero-order valence-electron chi connectivity index (χ0n) is 38.9. The van der Waals surface area contributed by atoms with Crippen LogP contribution in [0.15, 0.2) is 85.1 Å². The third-order valence-corrected chi connectivity index (χ3v) is 12.5. The summed E-state index contributed by atoms with van der Waals surface area (Å²) in [6, 6.07) is -1.49. The smallest absolute Gasteiger partial charge is 0.308 e. The van der Waals surface area contributed by atoms with E-state index in [0.29, 0.717) is 12.8 Å². The number of esters is 1. The largest absolute Gasteiger partial charge is 0.462 e. The predicted octanol–water partition coefficient (Wildman–Crippen LogP) is -0.368. The highest BCUT2D eigenvalue weighted by molar-refractivity contribution is 5.80. The van der Waals surface area contributed by atoms with Crippen LogP contribution in [0.3, 0.4) is 0 Å². The van der Waals surface area contributed by atoms with Crippen molar-refractivity contribution in [3.63, 3.8) is 0 Å². The second-order valence-electron chi connectivity index (χ2n) is 18.7. The first-order chi connectivity index (χ1) is 32.2. The lowest BCUT2D eigenvalue weighted by Crippen LogP contribution is -2.60. The summed E-state index contributed by atoms with van der Waals surface area (Å²) in [4.78, 5) is 26.3. The number of hydrogen-bond acceptors (Lipinski definition) is 18. The van der Waals surface area contributed by atoms with Crippen molar-refractivity contribution in [2.45, 2.75) is 188 Å². The average molecular weight is 965 g/mol. The molecule has 2 saturated heterocycles. The molecule has 4 rings (SSSR count). The first kappa shape index (κ1) is 57.1. The number of ether oxygens (including phenoxy) is 4. The lowest BCUT2D eigenvalue weighted by Gasteiger charge is -2.46. The zero-order valence-corrected chi connectivity index (χ0v) is 38.9. The van der Waals surface area contributed by atoms with E-state index in [9.17, 15) is 65.8 Å². The average Bonchev–Trinajstić information content (AvgIpc) is 3.23. The number of allylic oxidation sites excluding steroid dienone is 12. The topological polar surface area (TPSA) is 332 Å². The van der Waals surface area contributed by atoms with Crippen molar-refractivity contribution in [2.75, 3.05) is 6.61 Å². The van der Waals surface area contributed by atoms with Gasteiger partial charge < -0.3 is 86.2 Å². The van der Waals surface area contributed by atoms with Gasteiger partial charge in [-0.2, -0.15) is 0 Å². The molecule has 1 aliphatic carbocycles. The van der Waals surface area contributed by atoms with Gasteiger partial charge in [0.2, 0.25) is 5.91 Å². The van der Waals surface area contributed by atoms with Crippen molar-refractivity contribution in [1.29, 1.82) is 0 Å². The second-order valence-corrected chi connectivity index (χ2v) is 18.7. The van der Waals surface area contributed by atoms with Crippen molar-refractivity contribution in [3.8, 4) is 0 Å². The number of amides is 1. The molecule has 4 aliphatic rings. The Bertz CT molecular complexity index is 1750. The molecule has 3 heterocycles. The third-order valence-electron chi connectivity index (χ3n) is 12.5. The Kier molecular flexibility index (Phi) is 23.8. The molecule has 0 aromatic rings. The lowest BCUT2D eigenvalue weighted by molar-refractivity contribution is -0.304. The molecule has 14 N–H and O–H groups in total. The number of carbonyl (C=O) groups excluding carboxylic acids is 2. The van der Waals surface area contributed by atoms with Crippen LogP contribution in [-0.2, 0) is 28.5 Å². The van der Waals surface area contributed by atoms with Gasteiger partial charge in [-0.15, -0.1) is 0 Å². The standard InChI is InChI=1S/C49H76N2O17/c1-29-15-13-11-9-7-5-3-4-6-8-10-12-14-16-36(67-48-46(62)45(50)41(60)28-65-48)25-42-44(47(63)51-31-20-33(53)21-31)40(59)27-49(64,68-42)26-35(55)23-39(58)37(56)18-17-32(52)22-34(54)24-43(61)66-30(2)19-38(29)57/h3-16,29-42,44-46,48,52-60,62,64H,17-28,50H2,1-2H3,(H,51,63)/b4-3+,7-5+,8-6+,11-9+,12-10+,15-13+,16-14+/t29-,30-,31-,32?,33+,34?,35-,36?,37?,38-,39?,40-,41+,42-,44?,45-,46+,48-,49?/m0/s1. The highest BCUT2D eigenvalue weighted by Gasteiger charge is 2.51. The first-order valence-corrected chi connectivity index (χ1v) is 23.6. The molecular weight excluding hydrogens is 889 g/mol. The molecule has 3 fully saturated rings. The number of carbonyl (C=O) groups is 2. The highest BCUT2D eigenvalue weighted by Crippen LogP contribution is 2.38. The number of hydrogen-bond donors (Lipinski definition) is 13. The molecule has 0 aromatic carbocycles. The number of fused-ring (bicyclic) bond motifs is 2. The molecule has 17 atom stereocenters. The summed E-state index contributed by atoms with van der Waals surface area (Å²) in [7, 11) is 0. The Morgan fingerprint density at radius 3 is 1.88 bits per heavy atom. The van der Waals surface area contributed by atoms with E-state index in [1.54, 1.807) is 61.6 Å². The molecule has 0 spiro atoms. The first-order valence-electron chi connectivity index (χ1n) is 23.6. The fourth-order valence-electron chi connectivity index (χ4n) is 8.51. The Labute approximate surface area is 398 Å². The van der Waals surface area contributed by atoms with Crippen molar-refractivity contribution < 1.29 is 84.7 Å². The van der Waals surface area contributed by atoms with E-state index in [1.807, 2.05) is 37.3 Å². The number of aliphatic hydroxyl groups is 11. The molecule has 3 aliphatic heterocycles. The van der Waals surface area contributed by atoms with Gasteiger partial charge in [0.05, 0.1) is 92.1 Å². The summed E-state index contributed by atoms with van der Waals surface area (Å²) in [5.41, 5.74) is 6.00. The van der Waals surface area contributed by atoms with Gasteiger partial charge in [-0.3, -0.25) is 9.59 Å². The van der Waals surface area contributed by atoms with Crippen LogP contribution in [-0.4, -0.2) is 178 Å². The maximum atomic E-state index is 13.8. The summed E-state index contributed by atoms with van der Waals surface area (Å²) >= 11 is 0. The molecule has 0 aromatic heterocycles. The quantitative estimate of drug-likeness (QED) is 0.160. The van der Waals surface area contributed by atoms with Gasteiger partial charge in [0.15, 0.2) is 12.1 Å². The molecule has 19 heteroatoms. The maximum absolute atomic E-state index is 13.8. The monoisotopic (exact) mass is 965 g/mol. The van der Waals surface area contributed by atoms with E-state index < -0.39 is 141 Å². The normalized spacial score (nSPS) is 44.9. The lowest BCUT2D eigenvalue weighted by atomic mass is 9.81. The van der Waals surface area contributed by atoms with Gasteiger partial charge in [-0.05, 0) is 39.0 Å². The van der Waals surface area contributed by atoms with E-state index in [0.717, 1.165) is 0 Å². The Morgan fingerprint density at radius 2 is 1.26 bits per heavy atom. The number of cyclic esters (lactones) is 1. The van der Waals surface area contributed by atoms with Crippen LogP contribution in [0.5, 0.6) is 0 Å². The summed E-state index contributed by atoms with van der Waals surface area (Å²) in [6.45, 7) is 3.20. The van der Waals surface area contributed by atoms with Crippen LogP contribution in [0.2, 0.25) is 0 Å². The second kappa shape index (κ2) is 28.4. The van der Waals surface area contributed by atoms with Crippen molar-refractivity contribution in [2.24, 2.45) is 17.6 Å². The number of nitrogens with two attached hydrogens (primary N) is 1.